The lowest BCUT2D eigenvalue weighted by Crippen LogP contribution is -2.54. The molecule has 0 spiro atoms. The third kappa shape index (κ3) is 2.81. The molecule has 0 aromatic heterocycles. The van der Waals surface area contributed by atoms with Crippen molar-refractivity contribution in [2.24, 2.45) is 5.73 Å². The van der Waals surface area contributed by atoms with Gasteiger partial charge >= 0.3 is 0 Å². The number of nitrogens with two attached hydrogens (primary N) is 1. The summed E-state index contributed by atoms with van der Waals surface area (Å²) >= 11 is 0. The molecular weight excluding hydrogens is 238 g/mol. The van der Waals surface area contributed by atoms with Gasteiger partial charge in [0.1, 0.15) is 0 Å². The zero-order valence-corrected chi connectivity index (χ0v) is 11.3. The number of hydrogen-bond donors (Lipinski definition) is 1. The highest BCUT2D eigenvalue weighted by molar-refractivity contribution is 7.86. The lowest BCUT2D eigenvalue weighted by molar-refractivity contribution is 0.221. The van der Waals surface area contributed by atoms with E-state index < -0.39 is 10.2 Å². The van der Waals surface area contributed by atoms with Crippen LogP contribution in [0.5, 0.6) is 0 Å². The molecule has 6 heteroatoms. The van der Waals surface area contributed by atoms with Gasteiger partial charge in [-0.05, 0) is 32.6 Å². The first-order valence-corrected chi connectivity index (χ1v) is 7.94. The molecule has 0 amide bonds. The summed E-state index contributed by atoms with van der Waals surface area (Å²) in [7, 11) is -3.25. The van der Waals surface area contributed by atoms with Crippen LogP contribution in [0.1, 0.15) is 39.0 Å². The molecule has 5 nitrogen and oxygen atoms in total. The van der Waals surface area contributed by atoms with Crippen molar-refractivity contribution in [3.05, 3.63) is 0 Å². The highest BCUT2D eigenvalue weighted by Crippen LogP contribution is 2.24. The fraction of sp³-hybridized carbons (Fsp3) is 1.00. The van der Waals surface area contributed by atoms with Crippen molar-refractivity contribution in [3.8, 4) is 0 Å². The van der Waals surface area contributed by atoms with Gasteiger partial charge in [0.25, 0.3) is 10.2 Å². The van der Waals surface area contributed by atoms with Crippen molar-refractivity contribution in [2.75, 3.05) is 19.6 Å². The Morgan fingerprint density at radius 3 is 2.35 bits per heavy atom. The van der Waals surface area contributed by atoms with Gasteiger partial charge in [-0.3, -0.25) is 0 Å². The van der Waals surface area contributed by atoms with Gasteiger partial charge in [0.05, 0.1) is 0 Å². The monoisotopic (exact) mass is 261 g/mol. The van der Waals surface area contributed by atoms with Gasteiger partial charge in [0.15, 0.2) is 0 Å². The molecule has 2 heterocycles. The van der Waals surface area contributed by atoms with Gasteiger partial charge in [-0.25, -0.2) is 0 Å². The van der Waals surface area contributed by atoms with E-state index in [1.165, 1.54) is 0 Å². The molecule has 2 fully saturated rings. The summed E-state index contributed by atoms with van der Waals surface area (Å²) in [4.78, 5) is 0. The van der Waals surface area contributed by atoms with E-state index in [2.05, 4.69) is 0 Å². The minimum atomic E-state index is -3.25. The van der Waals surface area contributed by atoms with Crippen LogP contribution >= 0.6 is 0 Å². The summed E-state index contributed by atoms with van der Waals surface area (Å²) in [5.74, 6) is 0. The second-order valence-corrected chi connectivity index (χ2v) is 7.09. The van der Waals surface area contributed by atoms with Crippen LogP contribution < -0.4 is 5.73 Å². The summed E-state index contributed by atoms with van der Waals surface area (Å²) in [6.07, 6.45) is 4.67. The molecule has 2 atom stereocenters. The van der Waals surface area contributed by atoms with Crippen molar-refractivity contribution in [1.29, 1.82) is 0 Å². The summed E-state index contributed by atoms with van der Waals surface area (Å²) in [5, 5.41) is 0. The molecule has 2 rings (SSSR count). The van der Waals surface area contributed by atoms with E-state index in [4.69, 9.17) is 5.73 Å². The zero-order chi connectivity index (χ0) is 12.5. The first-order valence-electron chi connectivity index (χ1n) is 6.54. The largest absolute Gasteiger partial charge is 0.328 e. The number of rotatable bonds is 2. The molecule has 2 saturated heterocycles. The summed E-state index contributed by atoms with van der Waals surface area (Å²) in [5.41, 5.74) is 5.87. The molecule has 0 aromatic carbocycles. The van der Waals surface area contributed by atoms with Crippen LogP contribution in [0.15, 0.2) is 0 Å². The lowest BCUT2D eigenvalue weighted by atomic mass is 10.0. The van der Waals surface area contributed by atoms with Crippen molar-refractivity contribution in [3.63, 3.8) is 0 Å². The summed E-state index contributed by atoms with van der Waals surface area (Å²) in [6, 6.07) is 0.184. The third-order valence-electron chi connectivity index (χ3n) is 3.79. The minimum Gasteiger partial charge on any atom is -0.328 e. The van der Waals surface area contributed by atoms with Crippen LogP contribution in [0.25, 0.3) is 0 Å². The molecular formula is C11H23N3O2S. The standard InChI is InChI=1S/C11H23N3O2S/c1-10-9-11(12)5-8-14(10)17(15,16)13-6-3-2-4-7-13/h10-11H,2-9,12H2,1H3. The van der Waals surface area contributed by atoms with Gasteiger partial charge in [-0.2, -0.15) is 17.0 Å². The average Bonchev–Trinajstić information content (AvgIpc) is 2.29. The van der Waals surface area contributed by atoms with Gasteiger partial charge in [0, 0.05) is 31.7 Å². The first-order chi connectivity index (χ1) is 8.01. The Hall–Kier alpha value is -0.170. The summed E-state index contributed by atoms with van der Waals surface area (Å²) < 4.78 is 28.2. The average molecular weight is 261 g/mol. The normalized spacial score (nSPS) is 33.8. The summed E-state index contributed by atoms with van der Waals surface area (Å²) in [6.45, 7) is 3.89. The number of piperidine rings is 2. The van der Waals surface area contributed by atoms with Crippen molar-refractivity contribution < 1.29 is 8.42 Å². The van der Waals surface area contributed by atoms with Gasteiger partial charge in [0.2, 0.25) is 0 Å². The third-order valence-corrected chi connectivity index (χ3v) is 5.95. The second-order valence-electron chi connectivity index (χ2n) is 5.21. The van der Waals surface area contributed by atoms with Crippen molar-refractivity contribution in [1.82, 2.24) is 8.61 Å². The topological polar surface area (TPSA) is 66.6 Å². The van der Waals surface area contributed by atoms with E-state index in [0.717, 1.165) is 32.1 Å². The Labute approximate surface area is 104 Å². The predicted molar refractivity (Wildman–Crippen MR) is 67.7 cm³/mol. The van der Waals surface area contributed by atoms with E-state index in [1.807, 2.05) is 6.92 Å². The van der Waals surface area contributed by atoms with Gasteiger partial charge in [-0.15, -0.1) is 0 Å². The quantitative estimate of drug-likeness (QED) is 0.788. The maximum absolute atomic E-state index is 12.5. The Morgan fingerprint density at radius 1 is 1.12 bits per heavy atom. The van der Waals surface area contributed by atoms with E-state index in [9.17, 15) is 8.42 Å². The number of nitrogens with zero attached hydrogens (tertiary/aromatic N) is 2. The molecule has 0 aromatic rings. The van der Waals surface area contributed by atoms with Crippen LogP contribution in [0.4, 0.5) is 0 Å². The molecule has 2 N–H and O–H groups in total. The smallest absolute Gasteiger partial charge is 0.282 e. The molecule has 2 unspecified atom stereocenters. The second kappa shape index (κ2) is 5.22. The molecule has 0 radical (unpaired) electrons. The predicted octanol–water partition coefficient (Wildman–Crippen LogP) is 0.529. The number of hydrogen-bond acceptors (Lipinski definition) is 3. The van der Waals surface area contributed by atoms with E-state index in [0.29, 0.717) is 19.6 Å². The Balaban J connectivity index is 2.08. The zero-order valence-electron chi connectivity index (χ0n) is 10.5. The minimum absolute atomic E-state index is 0.0330. The highest BCUT2D eigenvalue weighted by Gasteiger charge is 2.36. The highest BCUT2D eigenvalue weighted by atomic mass is 32.2. The van der Waals surface area contributed by atoms with Crippen molar-refractivity contribution >= 4 is 10.2 Å². The van der Waals surface area contributed by atoms with Crippen LogP contribution in [0.2, 0.25) is 0 Å². The Morgan fingerprint density at radius 2 is 1.76 bits per heavy atom. The molecule has 17 heavy (non-hydrogen) atoms. The molecule has 0 saturated carbocycles. The fourth-order valence-corrected chi connectivity index (χ4v) is 4.67. The maximum Gasteiger partial charge on any atom is 0.282 e. The van der Waals surface area contributed by atoms with Crippen LogP contribution in [0, 0.1) is 0 Å². The molecule has 0 aliphatic carbocycles. The van der Waals surface area contributed by atoms with Gasteiger partial charge < -0.3 is 5.73 Å². The first kappa shape index (κ1) is 13.3. The van der Waals surface area contributed by atoms with Crippen LogP contribution in [0.3, 0.4) is 0 Å². The molecule has 0 bridgehead atoms. The van der Waals surface area contributed by atoms with Gasteiger partial charge in [-0.1, -0.05) is 6.42 Å². The van der Waals surface area contributed by atoms with E-state index in [-0.39, 0.29) is 12.1 Å². The molecule has 2 aliphatic rings. The SMILES string of the molecule is CC1CC(N)CCN1S(=O)(=O)N1CCCCC1. The van der Waals surface area contributed by atoms with Crippen molar-refractivity contribution in [2.45, 2.75) is 51.1 Å². The lowest BCUT2D eigenvalue weighted by Gasteiger charge is -2.39. The molecule has 100 valence electrons. The molecule has 2 aliphatic heterocycles. The van der Waals surface area contributed by atoms with E-state index in [1.54, 1.807) is 8.61 Å². The Bertz CT molecular complexity index is 352. The maximum atomic E-state index is 12.5. The van der Waals surface area contributed by atoms with Crippen LogP contribution in [-0.2, 0) is 10.2 Å². The fourth-order valence-electron chi connectivity index (χ4n) is 2.77. The Kier molecular flexibility index (Phi) is 4.07. The van der Waals surface area contributed by atoms with Crippen LogP contribution in [-0.4, -0.2) is 48.7 Å². The van der Waals surface area contributed by atoms with E-state index >= 15 is 0 Å².